The highest BCUT2D eigenvalue weighted by Crippen LogP contribution is 2.13. The topological polar surface area (TPSA) is 55.3 Å². The summed E-state index contributed by atoms with van der Waals surface area (Å²) in [6, 6.07) is 17.9. The van der Waals surface area contributed by atoms with Crippen molar-refractivity contribution in [2.75, 3.05) is 47.6 Å². The Kier molecular flexibility index (Phi) is 9.72. The van der Waals surface area contributed by atoms with Crippen LogP contribution in [0.1, 0.15) is 12.0 Å². The van der Waals surface area contributed by atoms with Crippen LogP contribution in [-0.2, 0) is 11.3 Å². The Hall–Kier alpha value is -2.73. The van der Waals surface area contributed by atoms with Crippen molar-refractivity contribution in [2.24, 2.45) is 4.99 Å². The first-order chi connectivity index (χ1) is 13.7. The number of rotatable bonds is 11. The number of hydrogen-bond donors (Lipinski definition) is 1. The molecule has 152 valence electrons. The summed E-state index contributed by atoms with van der Waals surface area (Å²) in [6.07, 6.45) is 0.876. The van der Waals surface area contributed by atoms with Crippen LogP contribution in [0, 0.1) is 0 Å². The van der Waals surface area contributed by atoms with Gasteiger partial charge in [0.25, 0.3) is 0 Å². The van der Waals surface area contributed by atoms with E-state index in [9.17, 15) is 0 Å². The first-order valence-corrected chi connectivity index (χ1v) is 9.53. The Balaban J connectivity index is 1.76. The van der Waals surface area contributed by atoms with Gasteiger partial charge < -0.3 is 24.4 Å². The van der Waals surface area contributed by atoms with E-state index >= 15 is 0 Å². The first kappa shape index (κ1) is 21.6. The van der Waals surface area contributed by atoms with Gasteiger partial charge in [-0.2, -0.15) is 0 Å². The van der Waals surface area contributed by atoms with Crippen molar-refractivity contribution in [1.82, 2.24) is 10.2 Å². The highest BCUT2D eigenvalue weighted by molar-refractivity contribution is 5.79. The second kappa shape index (κ2) is 12.6. The molecule has 0 fully saturated rings. The molecule has 0 aromatic heterocycles. The van der Waals surface area contributed by atoms with Crippen molar-refractivity contribution in [3.05, 3.63) is 60.2 Å². The quantitative estimate of drug-likeness (QED) is 0.366. The summed E-state index contributed by atoms with van der Waals surface area (Å²) >= 11 is 0. The van der Waals surface area contributed by atoms with E-state index < -0.39 is 0 Å². The molecule has 0 aliphatic heterocycles. The fourth-order valence-corrected chi connectivity index (χ4v) is 2.63. The molecule has 0 aliphatic rings. The monoisotopic (exact) mass is 385 g/mol. The van der Waals surface area contributed by atoms with Crippen LogP contribution in [0.25, 0.3) is 0 Å². The Labute approximate surface area is 168 Å². The minimum Gasteiger partial charge on any atom is -0.493 e. The number of nitrogens with one attached hydrogen (secondary N) is 1. The summed E-state index contributed by atoms with van der Waals surface area (Å²) < 4.78 is 16.6. The van der Waals surface area contributed by atoms with Gasteiger partial charge in [-0.05, 0) is 29.8 Å². The lowest BCUT2D eigenvalue weighted by molar-refractivity contribution is 0.172. The molecule has 6 heteroatoms. The molecule has 0 saturated heterocycles. The molecule has 0 atom stereocenters. The molecule has 2 aromatic carbocycles. The van der Waals surface area contributed by atoms with Crippen LogP contribution in [-0.4, -0.2) is 58.4 Å². The summed E-state index contributed by atoms with van der Waals surface area (Å²) in [5, 5.41) is 3.38. The van der Waals surface area contributed by atoms with Crippen molar-refractivity contribution in [3.8, 4) is 11.5 Å². The molecule has 0 bridgehead atoms. The fraction of sp³-hybridized carbons (Fsp3) is 0.409. The molecule has 0 radical (unpaired) electrons. The lowest BCUT2D eigenvalue weighted by Gasteiger charge is -2.22. The zero-order chi connectivity index (χ0) is 20.0. The van der Waals surface area contributed by atoms with Gasteiger partial charge in [-0.3, -0.25) is 4.99 Å². The summed E-state index contributed by atoms with van der Waals surface area (Å²) in [6.45, 7) is 3.35. The van der Waals surface area contributed by atoms with Gasteiger partial charge in [-0.15, -0.1) is 0 Å². The SMILES string of the molecule is CN=C(NCc1cccc(OCCCOC)c1)N(C)CCOc1ccccc1. The van der Waals surface area contributed by atoms with Crippen molar-refractivity contribution in [3.63, 3.8) is 0 Å². The van der Waals surface area contributed by atoms with Crippen molar-refractivity contribution >= 4 is 5.96 Å². The molecule has 0 heterocycles. The van der Waals surface area contributed by atoms with E-state index in [0.29, 0.717) is 26.4 Å². The second-order valence-corrected chi connectivity index (χ2v) is 6.33. The molecule has 0 aliphatic carbocycles. The third kappa shape index (κ3) is 7.88. The number of hydrogen-bond acceptors (Lipinski definition) is 4. The van der Waals surface area contributed by atoms with Crippen LogP contribution < -0.4 is 14.8 Å². The van der Waals surface area contributed by atoms with Crippen molar-refractivity contribution < 1.29 is 14.2 Å². The van der Waals surface area contributed by atoms with Gasteiger partial charge in [-0.1, -0.05) is 30.3 Å². The van der Waals surface area contributed by atoms with Crippen LogP contribution >= 0.6 is 0 Å². The highest BCUT2D eigenvalue weighted by Gasteiger charge is 2.06. The number of ether oxygens (including phenoxy) is 3. The van der Waals surface area contributed by atoms with Crippen LogP contribution in [0.3, 0.4) is 0 Å². The number of aliphatic imine (C=N–C) groups is 1. The first-order valence-electron chi connectivity index (χ1n) is 9.53. The van der Waals surface area contributed by atoms with E-state index in [4.69, 9.17) is 14.2 Å². The zero-order valence-corrected chi connectivity index (χ0v) is 17.1. The molecular weight excluding hydrogens is 354 g/mol. The summed E-state index contributed by atoms with van der Waals surface area (Å²) in [7, 11) is 5.48. The Bertz CT molecular complexity index is 707. The molecule has 0 amide bonds. The third-order valence-corrected chi connectivity index (χ3v) is 4.12. The van der Waals surface area contributed by atoms with E-state index in [1.807, 2.05) is 60.5 Å². The molecule has 0 spiro atoms. The van der Waals surface area contributed by atoms with Crippen LogP contribution in [0.5, 0.6) is 11.5 Å². The van der Waals surface area contributed by atoms with E-state index in [1.165, 1.54) is 0 Å². The van der Waals surface area contributed by atoms with E-state index in [1.54, 1.807) is 14.2 Å². The molecule has 2 rings (SSSR count). The lowest BCUT2D eigenvalue weighted by atomic mass is 10.2. The lowest BCUT2D eigenvalue weighted by Crippen LogP contribution is -2.40. The number of benzene rings is 2. The van der Waals surface area contributed by atoms with Crippen LogP contribution in [0.2, 0.25) is 0 Å². The molecule has 28 heavy (non-hydrogen) atoms. The maximum absolute atomic E-state index is 5.76. The van der Waals surface area contributed by atoms with Crippen molar-refractivity contribution in [2.45, 2.75) is 13.0 Å². The van der Waals surface area contributed by atoms with E-state index in [2.05, 4.69) is 16.4 Å². The minimum atomic E-state index is 0.589. The number of likely N-dealkylation sites (N-methyl/N-ethyl adjacent to an activating group) is 1. The molecule has 0 saturated carbocycles. The van der Waals surface area contributed by atoms with Gasteiger partial charge in [0.15, 0.2) is 5.96 Å². The summed E-state index contributed by atoms with van der Waals surface area (Å²) in [4.78, 5) is 6.40. The molecule has 0 unspecified atom stereocenters. The van der Waals surface area contributed by atoms with Gasteiger partial charge in [0.05, 0.1) is 13.2 Å². The minimum absolute atomic E-state index is 0.589. The van der Waals surface area contributed by atoms with Crippen LogP contribution in [0.4, 0.5) is 0 Å². The standard InChI is InChI=1S/C22H31N3O3/c1-23-22(25(2)13-16-28-20-10-5-4-6-11-20)24-18-19-9-7-12-21(17-19)27-15-8-14-26-3/h4-7,9-12,17H,8,13-16,18H2,1-3H3,(H,23,24). The third-order valence-electron chi connectivity index (χ3n) is 4.12. The zero-order valence-electron chi connectivity index (χ0n) is 17.1. The second-order valence-electron chi connectivity index (χ2n) is 6.33. The average Bonchev–Trinajstić information content (AvgIpc) is 2.73. The average molecular weight is 386 g/mol. The number of methoxy groups -OCH3 is 1. The number of nitrogens with zero attached hydrogens (tertiary/aromatic N) is 2. The largest absolute Gasteiger partial charge is 0.493 e. The summed E-state index contributed by atoms with van der Waals surface area (Å²) in [5.74, 6) is 2.57. The van der Waals surface area contributed by atoms with Gasteiger partial charge in [-0.25, -0.2) is 0 Å². The van der Waals surface area contributed by atoms with Crippen LogP contribution in [0.15, 0.2) is 59.6 Å². The van der Waals surface area contributed by atoms with Crippen molar-refractivity contribution in [1.29, 1.82) is 0 Å². The predicted molar refractivity (Wildman–Crippen MR) is 113 cm³/mol. The Morgan fingerprint density at radius 1 is 0.964 bits per heavy atom. The van der Waals surface area contributed by atoms with Gasteiger partial charge in [0.2, 0.25) is 0 Å². The highest BCUT2D eigenvalue weighted by atomic mass is 16.5. The van der Waals surface area contributed by atoms with E-state index in [-0.39, 0.29) is 0 Å². The summed E-state index contributed by atoms with van der Waals surface area (Å²) in [5.41, 5.74) is 1.14. The maximum Gasteiger partial charge on any atom is 0.193 e. The predicted octanol–water partition coefficient (Wildman–Crippen LogP) is 3.19. The smallest absolute Gasteiger partial charge is 0.193 e. The van der Waals surface area contributed by atoms with Gasteiger partial charge in [0, 0.05) is 40.8 Å². The molecular formula is C22H31N3O3. The number of para-hydroxylation sites is 1. The maximum atomic E-state index is 5.76. The van der Waals surface area contributed by atoms with Gasteiger partial charge >= 0.3 is 0 Å². The Morgan fingerprint density at radius 2 is 1.71 bits per heavy atom. The number of guanidine groups is 1. The van der Waals surface area contributed by atoms with Gasteiger partial charge in [0.1, 0.15) is 18.1 Å². The molecule has 2 aromatic rings. The fourth-order valence-electron chi connectivity index (χ4n) is 2.63. The molecule has 6 nitrogen and oxygen atoms in total. The normalized spacial score (nSPS) is 11.2. The molecule has 1 N–H and O–H groups in total. The Morgan fingerprint density at radius 3 is 2.46 bits per heavy atom. The van der Waals surface area contributed by atoms with E-state index in [0.717, 1.165) is 36.0 Å².